The molecule has 2 aromatic rings. The van der Waals surface area contributed by atoms with Gasteiger partial charge in [-0.2, -0.15) is 0 Å². The molecule has 0 bridgehead atoms. The van der Waals surface area contributed by atoms with Crippen LogP contribution in [0.2, 0.25) is 0 Å². The predicted octanol–water partition coefficient (Wildman–Crippen LogP) is 2.89. The van der Waals surface area contributed by atoms with Gasteiger partial charge in [-0.25, -0.2) is 9.78 Å². The van der Waals surface area contributed by atoms with Crippen molar-refractivity contribution in [1.29, 1.82) is 0 Å². The van der Waals surface area contributed by atoms with E-state index in [1.54, 1.807) is 0 Å². The third-order valence-electron chi connectivity index (χ3n) is 3.61. The number of rotatable bonds is 3. The van der Waals surface area contributed by atoms with Crippen LogP contribution in [0.15, 0.2) is 35.7 Å². The topological polar surface area (TPSA) is 82.5 Å². The Morgan fingerprint density at radius 1 is 1.32 bits per heavy atom. The number of thiazole rings is 1. The summed E-state index contributed by atoms with van der Waals surface area (Å²) >= 11 is 1.33. The Morgan fingerprint density at radius 2 is 2.09 bits per heavy atom. The third-order valence-corrected chi connectivity index (χ3v) is 4.36. The quantitative estimate of drug-likeness (QED) is 0.912. The first kappa shape index (κ1) is 14.5. The van der Waals surface area contributed by atoms with E-state index in [0.29, 0.717) is 24.5 Å². The van der Waals surface area contributed by atoms with Gasteiger partial charge in [-0.15, -0.1) is 11.3 Å². The van der Waals surface area contributed by atoms with E-state index < -0.39 is 12.1 Å². The molecule has 1 aliphatic heterocycles. The molecule has 0 aliphatic carbocycles. The second kappa shape index (κ2) is 6.15. The maximum absolute atomic E-state index is 12.2. The van der Waals surface area contributed by atoms with E-state index in [1.165, 1.54) is 16.2 Å². The van der Waals surface area contributed by atoms with Crippen molar-refractivity contribution >= 4 is 28.5 Å². The molecule has 2 N–H and O–H groups in total. The minimum Gasteiger partial charge on any atom is -0.465 e. The number of likely N-dealkylation sites (tertiary alicyclic amines) is 1. The smallest absolute Gasteiger partial charge is 0.407 e. The Morgan fingerprint density at radius 3 is 2.82 bits per heavy atom. The Bertz CT molecular complexity index is 686. The molecule has 114 valence electrons. The van der Waals surface area contributed by atoms with Crippen molar-refractivity contribution in [3.8, 4) is 11.3 Å². The lowest BCUT2D eigenvalue weighted by atomic mass is 10.2. The summed E-state index contributed by atoms with van der Waals surface area (Å²) in [5, 5.41) is 14.2. The molecule has 3 rings (SSSR count). The molecule has 1 aromatic carbocycles. The Labute approximate surface area is 131 Å². The van der Waals surface area contributed by atoms with Gasteiger partial charge < -0.3 is 10.4 Å². The van der Waals surface area contributed by atoms with Crippen LogP contribution in [0.25, 0.3) is 11.3 Å². The molecular formula is C15H15N3O3S. The Balaban J connectivity index is 1.70. The first-order valence-corrected chi connectivity index (χ1v) is 7.84. The lowest BCUT2D eigenvalue weighted by Gasteiger charge is -2.19. The van der Waals surface area contributed by atoms with Gasteiger partial charge in [0.25, 0.3) is 0 Å². The maximum atomic E-state index is 12.2. The summed E-state index contributed by atoms with van der Waals surface area (Å²) in [4.78, 5) is 28.9. The van der Waals surface area contributed by atoms with Gasteiger partial charge in [-0.3, -0.25) is 9.69 Å². The van der Waals surface area contributed by atoms with Gasteiger partial charge in [0.1, 0.15) is 6.04 Å². The van der Waals surface area contributed by atoms with Crippen molar-refractivity contribution in [3.63, 3.8) is 0 Å². The van der Waals surface area contributed by atoms with Gasteiger partial charge >= 0.3 is 6.09 Å². The molecule has 6 nitrogen and oxygen atoms in total. The molecule has 0 spiro atoms. The van der Waals surface area contributed by atoms with Crippen LogP contribution in [0.5, 0.6) is 0 Å². The maximum Gasteiger partial charge on any atom is 0.407 e. The molecule has 1 aromatic heterocycles. The van der Waals surface area contributed by atoms with Crippen LogP contribution in [0.1, 0.15) is 12.8 Å². The fourth-order valence-electron chi connectivity index (χ4n) is 2.53. The van der Waals surface area contributed by atoms with Crippen LogP contribution >= 0.6 is 11.3 Å². The molecular weight excluding hydrogens is 302 g/mol. The van der Waals surface area contributed by atoms with Gasteiger partial charge in [0, 0.05) is 17.5 Å². The van der Waals surface area contributed by atoms with Crippen LogP contribution in [0, 0.1) is 0 Å². The number of hydrogen-bond donors (Lipinski definition) is 2. The van der Waals surface area contributed by atoms with Crippen molar-refractivity contribution in [1.82, 2.24) is 9.88 Å². The number of carboxylic acid groups (broad SMARTS) is 1. The highest BCUT2D eigenvalue weighted by molar-refractivity contribution is 7.14. The number of nitrogens with one attached hydrogen (secondary N) is 1. The second-order valence-corrected chi connectivity index (χ2v) is 5.89. The molecule has 1 saturated heterocycles. The number of carbonyl (C=O) groups is 2. The zero-order valence-corrected chi connectivity index (χ0v) is 12.5. The number of hydrogen-bond acceptors (Lipinski definition) is 4. The van der Waals surface area contributed by atoms with Crippen LogP contribution in [-0.4, -0.2) is 39.6 Å². The zero-order valence-electron chi connectivity index (χ0n) is 11.7. The summed E-state index contributed by atoms with van der Waals surface area (Å²) in [5.74, 6) is -0.311. The van der Waals surface area contributed by atoms with E-state index in [1.807, 2.05) is 35.7 Å². The number of nitrogens with zero attached hydrogens (tertiary/aromatic N) is 2. The van der Waals surface area contributed by atoms with Crippen molar-refractivity contribution in [2.24, 2.45) is 0 Å². The molecule has 2 amide bonds. The summed E-state index contributed by atoms with van der Waals surface area (Å²) in [6.07, 6.45) is 0.203. The SMILES string of the molecule is O=C(Nc1nc(-c2ccccc2)cs1)C1CCCN1C(=O)O. The van der Waals surface area contributed by atoms with Crippen molar-refractivity contribution in [2.45, 2.75) is 18.9 Å². The summed E-state index contributed by atoms with van der Waals surface area (Å²) < 4.78 is 0. The van der Waals surface area contributed by atoms with Gasteiger partial charge in [-0.1, -0.05) is 30.3 Å². The number of amides is 2. The van der Waals surface area contributed by atoms with Crippen LogP contribution in [0.4, 0.5) is 9.93 Å². The van der Waals surface area contributed by atoms with Gasteiger partial charge in [0.05, 0.1) is 5.69 Å². The van der Waals surface area contributed by atoms with Gasteiger partial charge in [0.15, 0.2) is 5.13 Å². The van der Waals surface area contributed by atoms with E-state index >= 15 is 0 Å². The minimum atomic E-state index is -1.05. The average Bonchev–Trinajstić information content (AvgIpc) is 3.17. The number of aromatic nitrogens is 1. The van der Waals surface area contributed by atoms with E-state index in [4.69, 9.17) is 5.11 Å². The number of carbonyl (C=O) groups excluding carboxylic acids is 1. The number of anilines is 1. The average molecular weight is 317 g/mol. The molecule has 0 radical (unpaired) electrons. The van der Waals surface area contributed by atoms with E-state index in [-0.39, 0.29) is 5.91 Å². The van der Waals surface area contributed by atoms with Crippen LogP contribution in [-0.2, 0) is 4.79 Å². The zero-order chi connectivity index (χ0) is 15.5. The Kier molecular flexibility index (Phi) is 4.06. The summed E-state index contributed by atoms with van der Waals surface area (Å²) in [6.45, 7) is 0.403. The van der Waals surface area contributed by atoms with Gasteiger partial charge in [0.2, 0.25) is 5.91 Å². The highest BCUT2D eigenvalue weighted by Crippen LogP contribution is 2.26. The largest absolute Gasteiger partial charge is 0.465 e. The fourth-order valence-corrected chi connectivity index (χ4v) is 3.25. The Hall–Kier alpha value is -2.41. The van der Waals surface area contributed by atoms with Crippen LogP contribution in [0.3, 0.4) is 0 Å². The van der Waals surface area contributed by atoms with Crippen molar-refractivity contribution < 1.29 is 14.7 Å². The molecule has 1 unspecified atom stereocenters. The molecule has 2 heterocycles. The lowest BCUT2D eigenvalue weighted by molar-refractivity contribution is -0.119. The molecule has 0 saturated carbocycles. The monoisotopic (exact) mass is 317 g/mol. The standard InChI is InChI=1S/C15H15N3O3S/c19-13(12-7-4-8-18(12)15(20)21)17-14-16-11(9-22-14)10-5-2-1-3-6-10/h1-3,5-6,9,12H,4,7-8H2,(H,20,21)(H,16,17,19). The van der Waals surface area contributed by atoms with Crippen molar-refractivity contribution in [2.75, 3.05) is 11.9 Å². The summed E-state index contributed by atoms with van der Waals surface area (Å²) in [7, 11) is 0. The van der Waals surface area contributed by atoms with E-state index in [0.717, 1.165) is 11.3 Å². The van der Waals surface area contributed by atoms with Crippen LogP contribution < -0.4 is 5.32 Å². The molecule has 1 atom stereocenters. The summed E-state index contributed by atoms with van der Waals surface area (Å²) in [6, 6.07) is 9.06. The fraction of sp³-hybridized carbons (Fsp3) is 0.267. The van der Waals surface area contributed by atoms with Gasteiger partial charge in [-0.05, 0) is 12.8 Å². The molecule has 1 fully saturated rings. The third kappa shape index (κ3) is 2.94. The predicted molar refractivity (Wildman–Crippen MR) is 83.9 cm³/mol. The number of benzene rings is 1. The highest BCUT2D eigenvalue weighted by atomic mass is 32.1. The minimum absolute atomic E-state index is 0.311. The molecule has 1 aliphatic rings. The van der Waals surface area contributed by atoms with E-state index in [2.05, 4.69) is 10.3 Å². The lowest BCUT2D eigenvalue weighted by Crippen LogP contribution is -2.42. The second-order valence-electron chi connectivity index (χ2n) is 5.03. The van der Waals surface area contributed by atoms with Crippen molar-refractivity contribution in [3.05, 3.63) is 35.7 Å². The summed E-state index contributed by atoms with van der Waals surface area (Å²) in [5.41, 5.74) is 1.77. The highest BCUT2D eigenvalue weighted by Gasteiger charge is 2.34. The normalized spacial score (nSPS) is 17.5. The molecule has 22 heavy (non-hydrogen) atoms. The molecule has 7 heteroatoms. The first-order chi connectivity index (χ1) is 10.6. The first-order valence-electron chi connectivity index (χ1n) is 6.96. The van der Waals surface area contributed by atoms with E-state index in [9.17, 15) is 9.59 Å².